The highest BCUT2D eigenvalue weighted by molar-refractivity contribution is 7.45. The van der Waals surface area contributed by atoms with Crippen LogP contribution in [-0.4, -0.2) is 70.0 Å². The van der Waals surface area contributed by atoms with Gasteiger partial charge in [0, 0.05) is 12.8 Å². The van der Waals surface area contributed by atoms with Gasteiger partial charge < -0.3 is 27.9 Å². The minimum atomic E-state index is -4.65. The molecule has 2 atom stereocenters. The first-order chi connectivity index (χ1) is 46.0. The third kappa shape index (κ3) is 76.9. The van der Waals surface area contributed by atoms with Crippen LogP contribution in [0.15, 0.2) is 146 Å². The van der Waals surface area contributed by atoms with E-state index in [1.54, 1.807) is 0 Å². The molecule has 94 heavy (non-hydrogen) atoms. The minimum Gasteiger partial charge on any atom is -0.756 e. The first kappa shape index (κ1) is 89.9. The van der Waals surface area contributed by atoms with Crippen LogP contribution in [0.25, 0.3) is 0 Å². The fraction of sp³-hybridized carbons (Fsp3) is 0.690. The Labute approximate surface area is 580 Å². The van der Waals surface area contributed by atoms with Gasteiger partial charge in [-0.25, -0.2) is 0 Å². The number of rotatable bonds is 70. The second kappa shape index (κ2) is 73.1. The van der Waals surface area contributed by atoms with Crippen molar-refractivity contribution in [3.63, 3.8) is 0 Å². The standard InChI is InChI=1S/C84H144NO8P/c1-6-8-10-12-14-16-18-20-22-24-26-28-30-32-34-36-38-40-42-44-46-48-50-52-54-56-58-60-62-64-66-68-70-72-74-76-83(86)90-80-82(81-92-94(88,89)91-79-78-85(3,4)5)93-84(87)77-75-73-71-69-67-65-63-61-59-57-55-53-51-49-47-45-43-41-39-37-35-33-31-29-27-25-23-21-19-17-15-13-11-9-7-2/h8-11,14-17,20-23,26-29,33,35,39,41,45,47,51,53,82H,6-7,12-13,18-19,24-25,30-32,34,36-38,40,42-44,46,48-50,52,54-81H2,1-5H3/b10-8-,11-9-,16-14-,17-15-,22-20-,23-21-,28-26-,29-27-,35-33-,41-39-,47-45-,53-51-. The van der Waals surface area contributed by atoms with Gasteiger partial charge in [0.15, 0.2) is 6.10 Å². The number of allylic oxidation sites excluding steroid dienone is 24. The van der Waals surface area contributed by atoms with Gasteiger partial charge in [0.1, 0.15) is 19.8 Å². The van der Waals surface area contributed by atoms with Gasteiger partial charge in [-0.2, -0.15) is 0 Å². The molecule has 9 nitrogen and oxygen atoms in total. The van der Waals surface area contributed by atoms with E-state index >= 15 is 0 Å². The van der Waals surface area contributed by atoms with Crippen molar-refractivity contribution in [3.8, 4) is 0 Å². The van der Waals surface area contributed by atoms with E-state index in [2.05, 4.69) is 160 Å². The average Bonchev–Trinajstić information content (AvgIpc) is 1.68. The third-order valence-electron chi connectivity index (χ3n) is 16.4. The summed E-state index contributed by atoms with van der Waals surface area (Å²) in [5, 5.41) is 0. The number of ether oxygens (including phenoxy) is 2. The number of phosphoric ester groups is 1. The van der Waals surface area contributed by atoms with Crippen molar-refractivity contribution < 1.29 is 42.1 Å². The first-order valence-corrected chi connectivity index (χ1v) is 40.0. The summed E-state index contributed by atoms with van der Waals surface area (Å²) in [6.45, 7) is 4.03. The lowest BCUT2D eigenvalue weighted by Gasteiger charge is -2.28. The maximum absolute atomic E-state index is 12.9. The van der Waals surface area contributed by atoms with Gasteiger partial charge in [-0.3, -0.25) is 14.2 Å². The van der Waals surface area contributed by atoms with Gasteiger partial charge in [-0.15, -0.1) is 0 Å². The van der Waals surface area contributed by atoms with Crippen LogP contribution in [0.4, 0.5) is 0 Å². The maximum atomic E-state index is 12.9. The summed E-state index contributed by atoms with van der Waals surface area (Å²) in [6.07, 6.45) is 108. The molecule has 0 aliphatic carbocycles. The largest absolute Gasteiger partial charge is 0.756 e. The zero-order chi connectivity index (χ0) is 68.3. The normalized spacial score (nSPS) is 13.9. The minimum absolute atomic E-state index is 0.0363. The van der Waals surface area contributed by atoms with Gasteiger partial charge >= 0.3 is 11.9 Å². The molecule has 0 aliphatic heterocycles. The quantitative estimate of drug-likeness (QED) is 0.0195. The van der Waals surface area contributed by atoms with Crippen LogP contribution in [-0.2, 0) is 32.7 Å². The Hall–Kier alpha value is -4.11. The molecular weight excluding hydrogens is 1180 g/mol. The lowest BCUT2D eigenvalue weighted by molar-refractivity contribution is -0.870. The Morgan fingerprint density at radius 2 is 0.574 bits per heavy atom. The van der Waals surface area contributed by atoms with E-state index in [1.807, 2.05) is 21.1 Å². The number of esters is 2. The summed E-state index contributed by atoms with van der Waals surface area (Å²) in [6, 6.07) is 0. The number of likely N-dealkylation sites (N-methyl/N-ethyl adjacent to an activating group) is 1. The number of carbonyl (C=O) groups excluding carboxylic acids is 2. The van der Waals surface area contributed by atoms with E-state index in [1.165, 1.54) is 167 Å². The first-order valence-electron chi connectivity index (χ1n) is 38.5. The molecule has 0 aromatic heterocycles. The number of quaternary nitrogens is 1. The zero-order valence-electron chi connectivity index (χ0n) is 61.4. The van der Waals surface area contributed by atoms with Crippen LogP contribution in [0.5, 0.6) is 0 Å². The van der Waals surface area contributed by atoms with Gasteiger partial charge in [-0.05, 0) is 116 Å². The summed E-state index contributed by atoms with van der Waals surface area (Å²) in [7, 11) is 1.16. The van der Waals surface area contributed by atoms with Crippen LogP contribution in [0.1, 0.15) is 322 Å². The highest BCUT2D eigenvalue weighted by Gasteiger charge is 2.22. The molecule has 0 rings (SSSR count). The third-order valence-corrected chi connectivity index (χ3v) is 17.3. The van der Waals surface area contributed by atoms with E-state index in [4.69, 9.17) is 18.5 Å². The molecule has 0 heterocycles. The molecule has 0 aromatic rings. The molecule has 0 N–H and O–H groups in total. The molecule has 538 valence electrons. The van der Waals surface area contributed by atoms with Crippen molar-refractivity contribution in [2.24, 2.45) is 0 Å². The van der Waals surface area contributed by atoms with Gasteiger partial charge in [0.2, 0.25) is 0 Å². The molecule has 0 aliphatic rings. The monoisotopic (exact) mass is 1330 g/mol. The fourth-order valence-electron chi connectivity index (χ4n) is 10.5. The Kier molecular flexibility index (Phi) is 69.9. The predicted octanol–water partition coefficient (Wildman–Crippen LogP) is 25.1. The average molecular weight is 1330 g/mol. The van der Waals surface area contributed by atoms with Crippen LogP contribution >= 0.6 is 7.82 Å². The SMILES string of the molecule is CC/C=C\C/C=C\C/C=C\C/C=C\C/C=C\C/C=C\C/C=C\C/C=C\CCCCCCCCCCCCC(=O)OC(COC(=O)CCCCCCCCCCCCCCCCCCCCCCCC/C=C\C/C=C\C/C=C\C/C=C\CC)COP(=O)([O-])OCC[N+](C)(C)C. The molecule has 0 amide bonds. The Balaban J connectivity index is 4.02. The summed E-state index contributed by atoms with van der Waals surface area (Å²) in [5.41, 5.74) is 0. The lowest BCUT2D eigenvalue weighted by atomic mass is 10.0. The number of nitrogens with zero attached hydrogens (tertiary/aromatic N) is 1. The lowest BCUT2D eigenvalue weighted by Crippen LogP contribution is -2.37. The van der Waals surface area contributed by atoms with Crippen molar-refractivity contribution in [3.05, 3.63) is 146 Å². The number of unbranched alkanes of at least 4 members (excludes halogenated alkanes) is 32. The molecular formula is C84H144NO8P. The summed E-state index contributed by atoms with van der Waals surface area (Å²) >= 11 is 0. The van der Waals surface area contributed by atoms with Crippen LogP contribution in [0, 0.1) is 0 Å². The van der Waals surface area contributed by atoms with Gasteiger partial charge in [0.05, 0.1) is 27.7 Å². The van der Waals surface area contributed by atoms with Crippen molar-refractivity contribution in [2.75, 3.05) is 47.5 Å². The van der Waals surface area contributed by atoms with E-state index in [0.717, 1.165) is 122 Å². The Bertz CT molecular complexity index is 2100. The Morgan fingerprint density at radius 1 is 0.330 bits per heavy atom. The van der Waals surface area contributed by atoms with Gasteiger partial charge in [0.25, 0.3) is 7.82 Å². The second-order valence-corrected chi connectivity index (χ2v) is 28.0. The molecule has 0 bridgehead atoms. The molecule has 0 radical (unpaired) electrons. The van der Waals surface area contributed by atoms with Crippen molar-refractivity contribution in [1.29, 1.82) is 0 Å². The van der Waals surface area contributed by atoms with E-state index < -0.39 is 26.5 Å². The maximum Gasteiger partial charge on any atom is 0.306 e. The van der Waals surface area contributed by atoms with Crippen molar-refractivity contribution in [2.45, 2.75) is 328 Å². The Morgan fingerprint density at radius 3 is 0.851 bits per heavy atom. The predicted molar refractivity (Wildman–Crippen MR) is 406 cm³/mol. The van der Waals surface area contributed by atoms with Crippen LogP contribution < -0.4 is 4.89 Å². The molecule has 0 fully saturated rings. The number of carbonyl (C=O) groups is 2. The van der Waals surface area contributed by atoms with Crippen LogP contribution in [0.2, 0.25) is 0 Å². The molecule has 10 heteroatoms. The fourth-order valence-corrected chi connectivity index (χ4v) is 11.3. The molecule has 2 unspecified atom stereocenters. The number of phosphoric acid groups is 1. The van der Waals surface area contributed by atoms with E-state index in [9.17, 15) is 19.0 Å². The number of hydrogen-bond donors (Lipinski definition) is 0. The van der Waals surface area contributed by atoms with E-state index in [-0.39, 0.29) is 32.0 Å². The highest BCUT2D eigenvalue weighted by atomic mass is 31.2. The zero-order valence-corrected chi connectivity index (χ0v) is 62.3. The van der Waals surface area contributed by atoms with Crippen molar-refractivity contribution >= 4 is 19.8 Å². The number of hydrogen-bond acceptors (Lipinski definition) is 8. The smallest absolute Gasteiger partial charge is 0.306 e. The second-order valence-electron chi connectivity index (χ2n) is 26.6. The van der Waals surface area contributed by atoms with Crippen LogP contribution in [0.3, 0.4) is 0 Å². The summed E-state index contributed by atoms with van der Waals surface area (Å²) < 4.78 is 34.4. The molecule has 0 saturated heterocycles. The highest BCUT2D eigenvalue weighted by Crippen LogP contribution is 2.38. The van der Waals surface area contributed by atoms with Crippen molar-refractivity contribution in [1.82, 2.24) is 0 Å². The van der Waals surface area contributed by atoms with E-state index in [0.29, 0.717) is 17.4 Å². The molecule has 0 saturated carbocycles. The summed E-state index contributed by atoms with van der Waals surface area (Å²) in [5.74, 6) is -0.833. The topological polar surface area (TPSA) is 111 Å². The molecule has 0 aromatic carbocycles. The molecule has 0 spiro atoms. The summed E-state index contributed by atoms with van der Waals surface area (Å²) in [4.78, 5) is 38.2. The van der Waals surface area contributed by atoms with Gasteiger partial charge in [-0.1, -0.05) is 339 Å².